The molecule has 0 aliphatic carbocycles. The van der Waals surface area contributed by atoms with Gasteiger partial charge in [0.15, 0.2) is 0 Å². The number of morpholine rings is 1. The second-order valence-corrected chi connectivity index (χ2v) is 4.47. The zero-order valence-electron chi connectivity index (χ0n) is 9.95. The Labute approximate surface area is 101 Å². The number of ether oxygens (including phenoxy) is 2. The fourth-order valence-corrected chi connectivity index (χ4v) is 2.27. The van der Waals surface area contributed by atoms with Crippen LogP contribution in [0.1, 0.15) is 11.1 Å². The van der Waals surface area contributed by atoms with E-state index in [-0.39, 0.29) is 0 Å². The van der Waals surface area contributed by atoms with Crippen molar-refractivity contribution in [2.45, 2.75) is 13.0 Å². The van der Waals surface area contributed by atoms with Gasteiger partial charge in [0.1, 0.15) is 5.75 Å². The van der Waals surface area contributed by atoms with Gasteiger partial charge in [0.2, 0.25) is 0 Å². The molecule has 0 spiro atoms. The van der Waals surface area contributed by atoms with E-state index in [1.54, 1.807) is 0 Å². The summed E-state index contributed by atoms with van der Waals surface area (Å²) in [7, 11) is 0. The smallest absolute Gasteiger partial charge is 0.122 e. The minimum Gasteiger partial charge on any atom is -0.493 e. The average Bonchev–Trinajstić information content (AvgIpc) is 2.85. The van der Waals surface area contributed by atoms with Crippen molar-refractivity contribution in [2.75, 3.05) is 32.9 Å². The second-order valence-electron chi connectivity index (χ2n) is 4.47. The molecule has 1 aromatic carbocycles. The monoisotopic (exact) mass is 234 g/mol. The van der Waals surface area contributed by atoms with Gasteiger partial charge in [-0.15, -0.1) is 0 Å². The van der Waals surface area contributed by atoms with Crippen LogP contribution in [0.25, 0.3) is 0 Å². The Balaban J connectivity index is 1.57. The Kier molecular flexibility index (Phi) is 3.27. The van der Waals surface area contributed by atoms with Gasteiger partial charge in [-0.1, -0.05) is 12.1 Å². The third-order valence-electron chi connectivity index (χ3n) is 3.27. The van der Waals surface area contributed by atoms with E-state index in [2.05, 4.69) is 28.6 Å². The summed E-state index contributed by atoms with van der Waals surface area (Å²) < 4.78 is 10.8. The molecule has 0 radical (unpaired) electrons. The third-order valence-corrected chi connectivity index (χ3v) is 3.27. The van der Waals surface area contributed by atoms with E-state index in [0.717, 1.165) is 51.6 Å². The molecule has 1 fully saturated rings. The molecule has 0 amide bonds. The highest BCUT2D eigenvalue weighted by molar-refractivity contribution is 5.39. The summed E-state index contributed by atoms with van der Waals surface area (Å²) in [5.41, 5.74) is 6.10. The Bertz CT molecular complexity index is 389. The van der Waals surface area contributed by atoms with Crippen molar-refractivity contribution in [3.63, 3.8) is 0 Å². The van der Waals surface area contributed by atoms with Crippen molar-refractivity contribution < 1.29 is 9.47 Å². The summed E-state index contributed by atoms with van der Waals surface area (Å²) in [4.78, 5) is 0. The first-order chi connectivity index (χ1) is 8.42. The Morgan fingerprint density at radius 3 is 2.94 bits per heavy atom. The molecule has 2 aliphatic heterocycles. The maximum absolute atomic E-state index is 5.50. The van der Waals surface area contributed by atoms with Crippen LogP contribution in [0.5, 0.6) is 5.75 Å². The van der Waals surface area contributed by atoms with Gasteiger partial charge in [-0.2, -0.15) is 0 Å². The lowest BCUT2D eigenvalue weighted by Gasteiger charge is -2.27. The van der Waals surface area contributed by atoms with Gasteiger partial charge in [-0.05, 0) is 17.2 Å². The minimum atomic E-state index is 0.824. The summed E-state index contributed by atoms with van der Waals surface area (Å²) in [6.07, 6.45) is 1.04. The van der Waals surface area contributed by atoms with Gasteiger partial charge >= 0.3 is 0 Å². The Morgan fingerprint density at radius 1 is 1.18 bits per heavy atom. The average molecular weight is 234 g/mol. The van der Waals surface area contributed by atoms with Crippen LogP contribution in [0.15, 0.2) is 18.2 Å². The van der Waals surface area contributed by atoms with E-state index in [1.165, 1.54) is 11.1 Å². The zero-order chi connectivity index (χ0) is 11.5. The van der Waals surface area contributed by atoms with Gasteiger partial charge in [-0.25, -0.2) is 5.01 Å². The first kappa shape index (κ1) is 11.0. The van der Waals surface area contributed by atoms with Crippen molar-refractivity contribution in [3.8, 4) is 5.75 Å². The van der Waals surface area contributed by atoms with Gasteiger partial charge in [-0.3, -0.25) is 5.43 Å². The molecule has 1 N–H and O–H groups in total. The lowest BCUT2D eigenvalue weighted by Crippen LogP contribution is -2.45. The summed E-state index contributed by atoms with van der Waals surface area (Å²) in [5.74, 6) is 1.06. The first-order valence-corrected chi connectivity index (χ1v) is 6.22. The standard InChI is InChI=1S/C13H18N2O2/c1-2-13-12(3-6-17-13)9-11(1)10-14-15-4-7-16-8-5-15/h1-2,9,14H,3-8,10H2. The molecule has 0 atom stereocenters. The second kappa shape index (κ2) is 5.04. The van der Waals surface area contributed by atoms with Crippen LogP contribution in [-0.4, -0.2) is 37.9 Å². The maximum atomic E-state index is 5.50. The molecule has 4 heteroatoms. The molecule has 0 unspecified atom stereocenters. The topological polar surface area (TPSA) is 33.7 Å². The van der Waals surface area contributed by atoms with E-state index in [0.29, 0.717) is 0 Å². The molecule has 17 heavy (non-hydrogen) atoms. The molecule has 3 rings (SSSR count). The molecule has 0 bridgehead atoms. The predicted octanol–water partition coefficient (Wildman–Crippen LogP) is 0.958. The lowest BCUT2D eigenvalue weighted by molar-refractivity contribution is 0.0106. The van der Waals surface area contributed by atoms with Gasteiger partial charge in [0.05, 0.1) is 19.8 Å². The van der Waals surface area contributed by atoms with Crippen LogP contribution in [-0.2, 0) is 17.7 Å². The van der Waals surface area contributed by atoms with Gasteiger partial charge < -0.3 is 9.47 Å². The highest BCUT2D eigenvalue weighted by atomic mass is 16.5. The van der Waals surface area contributed by atoms with Crippen molar-refractivity contribution >= 4 is 0 Å². The summed E-state index contributed by atoms with van der Waals surface area (Å²) in [6.45, 7) is 5.29. The molecule has 1 aromatic rings. The molecule has 2 aliphatic rings. The van der Waals surface area contributed by atoms with Crippen molar-refractivity contribution in [1.82, 2.24) is 10.4 Å². The zero-order valence-corrected chi connectivity index (χ0v) is 9.95. The fourth-order valence-electron chi connectivity index (χ4n) is 2.27. The van der Waals surface area contributed by atoms with Crippen molar-refractivity contribution in [2.24, 2.45) is 0 Å². The van der Waals surface area contributed by atoms with Crippen LogP contribution in [0, 0.1) is 0 Å². The Morgan fingerprint density at radius 2 is 2.06 bits per heavy atom. The van der Waals surface area contributed by atoms with Crippen LogP contribution in [0.3, 0.4) is 0 Å². The quantitative estimate of drug-likeness (QED) is 0.844. The van der Waals surface area contributed by atoms with Gasteiger partial charge in [0, 0.05) is 26.1 Å². The number of rotatable bonds is 3. The molecule has 0 saturated carbocycles. The number of nitrogens with zero attached hydrogens (tertiary/aromatic N) is 1. The normalized spacial score (nSPS) is 20.0. The number of benzene rings is 1. The lowest BCUT2D eigenvalue weighted by atomic mass is 10.1. The van der Waals surface area contributed by atoms with Crippen molar-refractivity contribution in [1.29, 1.82) is 0 Å². The number of nitrogens with one attached hydrogen (secondary N) is 1. The van der Waals surface area contributed by atoms with E-state index >= 15 is 0 Å². The Hall–Kier alpha value is -1.10. The number of fused-ring (bicyclic) bond motifs is 1. The number of hydrazine groups is 1. The largest absolute Gasteiger partial charge is 0.493 e. The number of hydrogen-bond acceptors (Lipinski definition) is 4. The molecular weight excluding hydrogens is 216 g/mol. The van der Waals surface area contributed by atoms with E-state index in [4.69, 9.17) is 9.47 Å². The highest BCUT2D eigenvalue weighted by Crippen LogP contribution is 2.25. The maximum Gasteiger partial charge on any atom is 0.122 e. The molecular formula is C13H18N2O2. The summed E-state index contributed by atoms with van der Waals surface area (Å²) >= 11 is 0. The number of hydrogen-bond donors (Lipinski definition) is 1. The SMILES string of the molecule is c1cc2c(cc1CNN1CCOCC1)CCO2. The predicted molar refractivity (Wildman–Crippen MR) is 64.9 cm³/mol. The van der Waals surface area contributed by atoms with Gasteiger partial charge in [0.25, 0.3) is 0 Å². The van der Waals surface area contributed by atoms with Crippen LogP contribution in [0.2, 0.25) is 0 Å². The first-order valence-electron chi connectivity index (χ1n) is 6.22. The molecule has 1 saturated heterocycles. The van der Waals surface area contributed by atoms with Crippen LogP contribution >= 0.6 is 0 Å². The summed E-state index contributed by atoms with van der Waals surface area (Å²) in [6, 6.07) is 6.46. The third kappa shape index (κ3) is 2.60. The van der Waals surface area contributed by atoms with E-state index in [1.807, 2.05) is 0 Å². The fraction of sp³-hybridized carbons (Fsp3) is 0.538. The van der Waals surface area contributed by atoms with Crippen molar-refractivity contribution in [3.05, 3.63) is 29.3 Å². The molecule has 4 nitrogen and oxygen atoms in total. The molecule has 0 aromatic heterocycles. The van der Waals surface area contributed by atoms with Crippen LogP contribution in [0.4, 0.5) is 0 Å². The van der Waals surface area contributed by atoms with E-state index in [9.17, 15) is 0 Å². The summed E-state index contributed by atoms with van der Waals surface area (Å²) in [5, 5.41) is 2.23. The highest BCUT2D eigenvalue weighted by Gasteiger charge is 2.13. The molecule has 2 heterocycles. The van der Waals surface area contributed by atoms with E-state index < -0.39 is 0 Å². The minimum absolute atomic E-state index is 0.824. The van der Waals surface area contributed by atoms with Crippen LogP contribution < -0.4 is 10.2 Å². The molecule has 92 valence electrons.